The average Bonchev–Trinajstić information content (AvgIpc) is 4.17. The molecule has 4 nitrogen and oxygen atoms in total. The third kappa shape index (κ3) is 3.40. The molecule has 0 radical (unpaired) electrons. The van der Waals surface area contributed by atoms with E-state index in [1.54, 1.807) is 0 Å². The minimum absolute atomic E-state index is 1.25. The fraction of sp³-hybridized carbons (Fsp3) is 0. The molecule has 298 valence electrons. The molecular formula is C60H32N4S. The lowest BCUT2D eigenvalue weighted by Gasteiger charge is -2.41. The standard InChI is InChI=1S/C60H32N4S/c1-5-17-37-29-49-45(25-33(37)13-1)53-41-21-9-10-22-42(41)54-46-26-34-14-2-6-18-38(34)30-50(46)62-58(54)57(53)61(49)65(62)63-51-31-39-19-7-3-15-35(39)27-47(51)55-43-23-11-12-24-44(43)56-48-28-36-16-4-8-20-40(36)32-52(48)64(65)60(56)59(55)63/h1-32H. The smallest absolute Gasteiger partial charge is 0.103 e. The molecule has 0 amide bonds. The Bertz CT molecular complexity index is 4380. The van der Waals surface area contributed by atoms with Gasteiger partial charge in [0.05, 0.1) is 44.1 Å². The van der Waals surface area contributed by atoms with Crippen molar-refractivity contribution in [3.8, 4) is 0 Å². The highest BCUT2D eigenvalue weighted by Crippen LogP contribution is 2.73. The first-order valence-electron chi connectivity index (χ1n) is 22.6. The molecule has 0 saturated carbocycles. The van der Waals surface area contributed by atoms with Gasteiger partial charge in [0.2, 0.25) is 0 Å². The largest absolute Gasteiger partial charge is 0.251 e. The SMILES string of the molecule is c1ccc2cc3c(cc2c1)c1c2ccccc2c2c4cc5ccccc5cc4n4c2c1n3S41n2c3cc4ccccc4cc3c3c4ccccc4c4c5cc6ccccc6cc5n1c4c32. The third-order valence-corrected chi connectivity index (χ3v) is 19.0. The van der Waals surface area contributed by atoms with Gasteiger partial charge in [0.25, 0.3) is 0 Å². The quantitative estimate of drug-likeness (QED) is 0.145. The van der Waals surface area contributed by atoms with Gasteiger partial charge in [-0.15, -0.1) is 0 Å². The number of hydrogen-bond donors (Lipinski definition) is 0. The molecule has 0 N–H and O–H groups in total. The first kappa shape index (κ1) is 32.4. The average molecular weight is 841 g/mol. The van der Waals surface area contributed by atoms with Crippen molar-refractivity contribution in [1.82, 2.24) is 15.9 Å². The predicted molar refractivity (Wildman–Crippen MR) is 279 cm³/mol. The summed E-state index contributed by atoms with van der Waals surface area (Å²) in [6.07, 6.45) is 0. The molecule has 5 heteroatoms. The second kappa shape index (κ2) is 10.6. The van der Waals surface area contributed by atoms with Crippen LogP contribution in [0, 0.1) is 0 Å². The molecule has 0 fully saturated rings. The summed E-state index contributed by atoms with van der Waals surface area (Å²) in [5.41, 5.74) is 10.4. The van der Waals surface area contributed by atoms with E-state index >= 15 is 0 Å². The molecule has 0 unspecified atom stereocenters. The van der Waals surface area contributed by atoms with Gasteiger partial charge in [0.15, 0.2) is 0 Å². The van der Waals surface area contributed by atoms with Crippen molar-refractivity contribution in [2.45, 2.75) is 0 Å². The summed E-state index contributed by atoms with van der Waals surface area (Å²) in [5.74, 6) is 0. The van der Waals surface area contributed by atoms with Crippen molar-refractivity contribution in [3.05, 3.63) is 194 Å². The number of benzene rings is 12. The number of fused-ring (bicyclic) bond motifs is 26. The Morgan fingerprint density at radius 2 is 0.415 bits per heavy atom. The van der Waals surface area contributed by atoms with Crippen LogP contribution in [0.5, 0.6) is 0 Å². The summed E-state index contributed by atoms with van der Waals surface area (Å²) in [5, 5.41) is 25.9. The molecule has 6 heterocycles. The Morgan fingerprint density at radius 1 is 0.215 bits per heavy atom. The molecule has 0 aliphatic carbocycles. The van der Waals surface area contributed by atoms with Gasteiger partial charge < -0.3 is 0 Å². The highest BCUT2D eigenvalue weighted by atomic mass is 32.3. The summed E-state index contributed by atoms with van der Waals surface area (Å²) < 4.78 is 11.5. The van der Waals surface area contributed by atoms with Crippen LogP contribution < -0.4 is 0 Å². The van der Waals surface area contributed by atoms with E-state index in [2.05, 4.69) is 210 Å². The van der Waals surface area contributed by atoms with Gasteiger partial charge in [0, 0.05) is 43.1 Å². The Kier molecular flexibility index (Phi) is 5.27. The highest BCUT2D eigenvalue weighted by Gasteiger charge is 2.51. The van der Waals surface area contributed by atoms with Gasteiger partial charge in [-0.25, -0.2) is 0 Å². The summed E-state index contributed by atoms with van der Waals surface area (Å²) in [4.78, 5) is 0. The lowest BCUT2D eigenvalue weighted by atomic mass is 9.97. The van der Waals surface area contributed by atoms with E-state index in [0.717, 1.165) is 0 Å². The molecule has 4 aromatic heterocycles. The van der Waals surface area contributed by atoms with Gasteiger partial charge >= 0.3 is 0 Å². The van der Waals surface area contributed by atoms with Crippen molar-refractivity contribution in [1.29, 1.82) is 0 Å². The van der Waals surface area contributed by atoms with Crippen molar-refractivity contribution >= 4 is 163 Å². The Morgan fingerprint density at radius 3 is 0.646 bits per heavy atom. The van der Waals surface area contributed by atoms with Crippen LogP contribution in [0.1, 0.15) is 0 Å². The molecule has 0 bridgehead atoms. The van der Waals surface area contributed by atoms with E-state index in [0.29, 0.717) is 0 Å². The van der Waals surface area contributed by atoms with Crippen LogP contribution in [0.4, 0.5) is 0 Å². The van der Waals surface area contributed by atoms with Crippen LogP contribution in [0.3, 0.4) is 0 Å². The van der Waals surface area contributed by atoms with E-state index in [1.165, 1.54) is 152 Å². The Labute approximate surface area is 370 Å². The normalized spacial score (nSPS) is 14.8. The maximum absolute atomic E-state index is 2.88. The first-order valence-corrected chi connectivity index (χ1v) is 24.1. The monoisotopic (exact) mass is 840 g/mol. The zero-order chi connectivity index (χ0) is 41.6. The van der Waals surface area contributed by atoms with E-state index in [9.17, 15) is 0 Å². The molecule has 18 rings (SSSR count). The zero-order valence-corrected chi connectivity index (χ0v) is 35.5. The Hall–Kier alpha value is -8.25. The van der Waals surface area contributed by atoms with Crippen molar-refractivity contribution < 1.29 is 0 Å². The summed E-state index contributed by atoms with van der Waals surface area (Å²) in [6, 6.07) is 74.4. The fourth-order valence-electron chi connectivity index (χ4n) is 13.1. The third-order valence-electron chi connectivity index (χ3n) is 15.5. The molecule has 0 saturated heterocycles. The maximum atomic E-state index is 2.88. The molecule has 16 aromatic rings. The maximum Gasteiger partial charge on any atom is 0.103 e. The van der Waals surface area contributed by atoms with Crippen LogP contribution in [0.2, 0.25) is 0 Å². The van der Waals surface area contributed by atoms with Crippen LogP contribution in [-0.2, 0) is 0 Å². The lowest BCUT2D eigenvalue weighted by molar-refractivity contribution is 1.16. The molecule has 12 aromatic carbocycles. The van der Waals surface area contributed by atoms with Crippen LogP contribution in [0.25, 0.3) is 152 Å². The second-order valence-corrected chi connectivity index (χ2v) is 21.0. The molecule has 65 heavy (non-hydrogen) atoms. The number of rotatable bonds is 0. The van der Waals surface area contributed by atoms with Crippen LogP contribution in [-0.4, -0.2) is 15.9 Å². The molecule has 2 aliphatic rings. The van der Waals surface area contributed by atoms with E-state index in [-0.39, 0.29) is 0 Å². The fourth-order valence-corrected chi connectivity index (χ4v) is 17.4. The second-order valence-electron chi connectivity index (χ2n) is 18.5. The molecule has 1 spiro atoms. The van der Waals surface area contributed by atoms with Crippen molar-refractivity contribution in [3.63, 3.8) is 0 Å². The lowest BCUT2D eigenvalue weighted by Crippen LogP contribution is -2.25. The highest BCUT2D eigenvalue weighted by molar-refractivity contribution is 8.30. The van der Waals surface area contributed by atoms with Crippen LogP contribution >= 0.6 is 10.8 Å². The summed E-state index contributed by atoms with van der Waals surface area (Å²) in [7, 11) is -2.55. The van der Waals surface area contributed by atoms with E-state index < -0.39 is 10.8 Å². The molecular weight excluding hydrogens is 809 g/mol. The number of hydrogen-bond acceptors (Lipinski definition) is 0. The minimum atomic E-state index is -2.55. The van der Waals surface area contributed by atoms with E-state index in [4.69, 9.17) is 0 Å². The number of nitrogens with zero attached hydrogens (tertiary/aromatic N) is 4. The van der Waals surface area contributed by atoms with Crippen molar-refractivity contribution in [2.75, 3.05) is 0 Å². The van der Waals surface area contributed by atoms with Gasteiger partial charge in [0.1, 0.15) is 10.8 Å². The van der Waals surface area contributed by atoms with E-state index in [1.807, 2.05) is 0 Å². The van der Waals surface area contributed by atoms with Gasteiger partial charge in [-0.05, 0) is 113 Å². The predicted octanol–water partition coefficient (Wildman–Crippen LogP) is 16.6. The van der Waals surface area contributed by atoms with Gasteiger partial charge in [-0.3, -0.25) is 15.9 Å². The molecule has 0 atom stereocenters. The number of aromatic nitrogens is 4. The van der Waals surface area contributed by atoms with Gasteiger partial charge in [-0.1, -0.05) is 146 Å². The first-order chi connectivity index (χ1) is 32.3. The van der Waals surface area contributed by atoms with Crippen LogP contribution in [0.15, 0.2) is 194 Å². The molecule has 2 aliphatic heterocycles. The van der Waals surface area contributed by atoms with Crippen molar-refractivity contribution in [2.24, 2.45) is 0 Å². The summed E-state index contributed by atoms with van der Waals surface area (Å²) >= 11 is 0. The minimum Gasteiger partial charge on any atom is -0.251 e. The summed E-state index contributed by atoms with van der Waals surface area (Å²) in [6.45, 7) is 0. The van der Waals surface area contributed by atoms with Gasteiger partial charge in [-0.2, -0.15) is 0 Å². The zero-order valence-electron chi connectivity index (χ0n) is 34.7. The Balaban J connectivity index is 1.23. The topological polar surface area (TPSA) is 19.7 Å².